The summed E-state index contributed by atoms with van der Waals surface area (Å²) in [7, 11) is 0. The molecule has 0 aliphatic carbocycles. The van der Waals surface area contributed by atoms with E-state index in [0.29, 0.717) is 23.2 Å². The lowest BCUT2D eigenvalue weighted by atomic mass is 10.1. The van der Waals surface area contributed by atoms with E-state index in [-0.39, 0.29) is 0 Å². The van der Waals surface area contributed by atoms with Gasteiger partial charge in [0.25, 0.3) is 0 Å². The van der Waals surface area contributed by atoms with Crippen LogP contribution in [0.5, 0.6) is 0 Å². The number of carbonyl (C=O) groups is 2. The highest BCUT2D eigenvalue weighted by Gasteiger charge is 2.17. The zero-order chi connectivity index (χ0) is 13.0. The van der Waals surface area contributed by atoms with Gasteiger partial charge in [-0.25, -0.2) is 4.79 Å². The SMILES string of the molecule is NC(=O)N(c1ccccc1)c1ccccc1C=O. The third kappa shape index (κ3) is 2.22. The first-order chi connectivity index (χ1) is 8.74. The number of primary amides is 1. The van der Waals surface area contributed by atoms with Gasteiger partial charge in [-0.3, -0.25) is 9.69 Å². The van der Waals surface area contributed by atoms with Crippen LogP contribution in [0.3, 0.4) is 0 Å². The number of urea groups is 1. The van der Waals surface area contributed by atoms with E-state index < -0.39 is 6.03 Å². The van der Waals surface area contributed by atoms with Crippen LogP contribution in [0.4, 0.5) is 16.2 Å². The molecule has 2 aromatic rings. The lowest BCUT2D eigenvalue weighted by Gasteiger charge is -2.21. The van der Waals surface area contributed by atoms with E-state index in [2.05, 4.69) is 0 Å². The van der Waals surface area contributed by atoms with E-state index in [1.165, 1.54) is 4.90 Å². The van der Waals surface area contributed by atoms with Gasteiger partial charge in [-0.15, -0.1) is 0 Å². The van der Waals surface area contributed by atoms with Gasteiger partial charge in [0.05, 0.1) is 11.4 Å². The molecule has 4 nitrogen and oxygen atoms in total. The van der Waals surface area contributed by atoms with Gasteiger partial charge in [0.2, 0.25) is 0 Å². The molecule has 0 atom stereocenters. The largest absolute Gasteiger partial charge is 0.351 e. The Labute approximate surface area is 105 Å². The number of hydrogen-bond acceptors (Lipinski definition) is 2. The zero-order valence-corrected chi connectivity index (χ0v) is 9.61. The molecule has 0 saturated carbocycles. The number of carbonyl (C=O) groups excluding carboxylic acids is 2. The average molecular weight is 240 g/mol. The van der Waals surface area contributed by atoms with E-state index >= 15 is 0 Å². The highest BCUT2D eigenvalue weighted by molar-refractivity contribution is 6.02. The van der Waals surface area contributed by atoms with E-state index in [0.717, 1.165) is 0 Å². The Morgan fingerprint density at radius 2 is 1.61 bits per heavy atom. The Kier molecular flexibility index (Phi) is 3.38. The fraction of sp³-hybridized carbons (Fsp3) is 0. The number of aldehydes is 1. The van der Waals surface area contributed by atoms with Crippen molar-refractivity contribution in [1.82, 2.24) is 0 Å². The normalized spacial score (nSPS) is 9.78. The lowest BCUT2D eigenvalue weighted by molar-refractivity contribution is 0.112. The second-order valence-electron chi connectivity index (χ2n) is 3.69. The number of hydrogen-bond donors (Lipinski definition) is 1. The van der Waals surface area contributed by atoms with Gasteiger partial charge >= 0.3 is 6.03 Å². The minimum atomic E-state index is -0.629. The monoisotopic (exact) mass is 240 g/mol. The van der Waals surface area contributed by atoms with Crippen molar-refractivity contribution in [2.45, 2.75) is 0 Å². The number of nitrogens with two attached hydrogens (primary N) is 1. The van der Waals surface area contributed by atoms with Crippen molar-refractivity contribution in [3.8, 4) is 0 Å². The summed E-state index contributed by atoms with van der Waals surface area (Å²) in [5.74, 6) is 0. The van der Waals surface area contributed by atoms with Crippen LogP contribution >= 0.6 is 0 Å². The fourth-order valence-electron chi connectivity index (χ4n) is 1.75. The Morgan fingerprint density at radius 3 is 2.22 bits per heavy atom. The molecule has 2 amide bonds. The minimum absolute atomic E-state index is 0.417. The molecule has 2 rings (SSSR count). The number of benzene rings is 2. The highest BCUT2D eigenvalue weighted by Crippen LogP contribution is 2.27. The Morgan fingerprint density at radius 1 is 1.00 bits per heavy atom. The number of nitrogens with zero attached hydrogens (tertiary/aromatic N) is 1. The predicted molar refractivity (Wildman–Crippen MR) is 70.0 cm³/mol. The minimum Gasteiger partial charge on any atom is -0.351 e. The Bertz CT molecular complexity index is 567. The lowest BCUT2D eigenvalue weighted by Crippen LogP contribution is -2.32. The molecule has 0 aromatic heterocycles. The van der Waals surface area contributed by atoms with Crippen LogP contribution in [0.1, 0.15) is 10.4 Å². The van der Waals surface area contributed by atoms with Crippen LogP contribution in [0.25, 0.3) is 0 Å². The molecule has 0 bridgehead atoms. The molecule has 4 heteroatoms. The summed E-state index contributed by atoms with van der Waals surface area (Å²) in [6.45, 7) is 0. The van der Waals surface area contributed by atoms with Gasteiger partial charge in [0.1, 0.15) is 0 Å². The first kappa shape index (κ1) is 11.9. The number of amides is 2. The molecular weight excluding hydrogens is 228 g/mol. The zero-order valence-electron chi connectivity index (χ0n) is 9.61. The average Bonchev–Trinajstić information content (AvgIpc) is 2.40. The molecule has 2 N–H and O–H groups in total. The van der Waals surface area contributed by atoms with E-state index in [4.69, 9.17) is 5.73 Å². The van der Waals surface area contributed by atoms with Crippen molar-refractivity contribution in [2.75, 3.05) is 4.90 Å². The summed E-state index contributed by atoms with van der Waals surface area (Å²) in [5.41, 5.74) is 6.91. The third-order valence-corrected chi connectivity index (χ3v) is 2.54. The van der Waals surface area contributed by atoms with Crippen molar-refractivity contribution < 1.29 is 9.59 Å². The molecule has 0 saturated heterocycles. The quantitative estimate of drug-likeness (QED) is 0.838. The molecule has 18 heavy (non-hydrogen) atoms. The van der Waals surface area contributed by atoms with Crippen molar-refractivity contribution in [3.05, 3.63) is 60.2 Å². The van der Waals surface area contributed by atoms with Crippen molar-refractivity contribution in [2.24, 2.45) is 5.73 Å². The topological polar surface area (TPSA) is 63.4 Å². The van der Waals surface area contributed by atoms with Crippen LogP contribution in [0, 0.1) is 0 Å². The molecule has 0 radical (unpaired) electrons. The number of rotatable bonds is 3. The van der Waals surface area contributed by atoms with E-state index in [1.807, 2.05) is 6.07 Å². The third-order valence-electron chi connectivity index (χ3n) is 2.54. The molecule has 0 aliphatic rings. The highest BCUT2D eigenvalue weighted by atomic mass is 16.2. The Balaban J connectivity index is 2.56. The first-order valence-corrected chi connectivity index (χ1v) is 5.43. The summed E-state index contributed by atoms with van der Waals surface area (Å²) in [5, 5.41) is 0. The molecule has 0 unspecified atom stereocenters. The van der Waals surface area contributed by atoms with Gasteiger partial charge in [-0.2, -0.15) is 0 Å². The standard InChI is InChI=1S/C14H12N2O2/c15-14(18)16(12-7-2-1-3-8-12)13-9-5-4-6-11(13)10-17/h1-10H,(H2,15,18). The molecular formula is C14H12N2O2. The van der Waals surface area contributed by atoms with Crippen LogP contribution < -0.4 is 10.6 Å². The molecule has 0 spiro atoms. The summed E-state index contributed by atoms with van der Waals surface area (Å²) < 4.78 is 0. The van der Waals surface area contributed by atoms with Crippen LogP contribution in [-0.4, -0.2) is 12.3 Å². The fourth-order valence-corrected chi connectivity index (χ4v) is 1.75. The second kappa shape index (κ2) is 5.14. The smallest absolute Gasteiger partial charge is 0.323 e. The van der Waals surface area contributed by atoms with Crippen molar-refractivity contribution in [3.63, 3.8) is 0 Å². The van der Waals surface area contributed by atoms with Crippen LogP contribution in [0.2, 0.25) is 0 Å². The first-order valence-electron chi connectivity index (χ1n) is 5.43. The van der Waals surface area contributed by atoms with Crippen molar-refractivity contribution in [1.29, 1.82) is 0 Å². The summed E-state index contributed by atoms with van der Waals surface area (Å²) in [6.07, 6.45) is 0.703. The van der Waals surface area contributed by atoms with E-state index in [9.17, 15) is 9.59 Å². The molecule has 0 fully saturated rings. The number of para-hydroxylation sites is 2. The molecule has 0 aliphatic heterocycles. The maximum atomic E-state index is 11.6. The van der Waals surface area contributed by atoms with Gasteiger partial charge in [-0.1, -0.05) is 30.3 Å². The summed E-state index contributed by atoms with van der Waals surface area (Å²) in [6, 6.07) is 15.1. The van der Waals surface area contributed by atoms with Gasteiger partial charge < -0.3 is 5.73 Å². The summed E-state index contributed by atoms with van der Waals surface area (Å²) in [4.78, 5) is 23.9. The van der Waals surface area contributed by atoms with Crippen LogP contribution in [0.15, 0.2) is 54.6 Å². The van der Waals surface area contributed by atoms with Gasteiger partial charge in [0.15, 0.2) is 6.29 Å². The van der Waals surface area contributed by atoms with Crippen LogP contribution in [-0.2, 0) is 0 Å². The molecule has 0 heterocycles. The second-order valence-corrected chi connectivity index (χ2v) is 3.69. The predicted octanol–water partition coefficient (Wildman–Crippen LogP) is 2.72. The molecule has 90 valence electrons. The summed E-state index contributed by atoms with van der Waals surface area (Å²) >= 11 is 0. The van der Waals surface area contributed by atoms with Gasteiger partial charge in [-0.05, 0) is 24.3 Å². The maximum Gasteiger partial charge on any atom is 0.323 e. The Hall–Kier alpha value is -2.62. The maximum absolute atomic E-state index is 11.6. The van der Waals surface area contributed by atoms with E-state index in [1.54, 1.807) is 48.5 Å². The molecule has 2 aromatic carbocycles. The van der Waals surface area contributed by atoms with Gasteiger partial charge in [0, 0.05) is 5.56 Å². The number of anilines is 2. The van der Waals surface area contributed by atoms with Crippen molar-refractivity contribution >= 4 is 23.7 Å².